The highest BCUT2D eigenvalue weighted by molar-refractivity contribution is 5.98. The SMILES string of the molecule is CCNC(=O)[C@H](C)NC(=O)COC(=O)/C(=C/c1ccccc1)NC(C)=O. The molecule has 0 radical (unpaired) electrons. The van der Waals surface area contributed by atoms with Gasteiger partial charge in [0.25, 0.3) is 5.91 Å². The number of ether oxygens (including phenoxy) is 1. The normalized spacial score (nSPS) is 11.9. The van der Waals surface area contributed by atoms with Crippen LogP contribution in [0.2, 0.25) is 0 Å². The molecule has 140 valence electrons. The maximum atomic E-state index is 12.1. The van der Waals surface area contributed by atoms with Crippen molar-refractivity contribution in [1.29, 1.82) is 0 Å². The van der Waals surface area contributed by atoms with Gasteiger partial charge in [-0.15, -0.1) is 0 Å². The second-order valence-electron chi connectivity index (χ2n) is 5.41. The van der Waals surface area contributed by atoms with Crippen molar-refractivity contribution in [2.75, 3.05) is 13.2 Å². The Morgan fingerprint density at radius 1 is 1.15 bits per heavy atom. The topological polar surface area (TPSA) is 114 Å². The van der Waals surface area contributed by atoms with Crippen LogP contribution in [0.25, 0.3) is 6.08 Å². The van der Waals surface area contributed by atoms with E-state index in [4.69, 9.17) is 4.74 Å². The minimum atomic E-state index is -0.857. The number of amides is 3. The Balaban J connectivity index is 2.67. The predicted molar refractivity (Wildman–Crippen MR) is 95.5 cm³/mol. The fourth-order valence-electron chi connectivity index (χ4n) is 1.94. The summed E-state index contributed by atoms with van der Waals surface area (Å²) in [5.41, 5.74) is 0.593. The zero-order valence-corrected chi connectivity index (χ0v) is 15.0. The van der Waals surface area contributed by atoms with Gasteiger partial charge in [-0.3, -0.25) is 14.4 Å². The molecule has 3 N–H and O–H groups in total. The van der Waals surface area contributed by atoms with Crippen LogP contribution < -0.4 is 16.0 Å². The summed E-state index contributed by atoms with van der Waals surface area (Å²) in [5, 5.41) is 7.36. The number of likely N-dealkylation sites (N-methyl/N-ethyl adjacent to an activating group) is 1. The summed E-state index contributed by atoms with van der Waals surface area (Å²) in [6, 6.07) is 8.10. The molecule has 26 heavy (non-hydrogen) atoms. The van der Waals surface area contributed by atoms with Crippen molar-refractivity contribution in [2.45, 2.75) is 26.8 Å². The van der Waals surface area contributed by atoms with Crippen LogP contribution in [-0.2, 0) is 23.9 Å². The molecule has 1 rings (SSSR count). The van der Waals surface area contributed by atoms with E-state index in [1.807, 2.05) is 6.07 Å². The Hall–Kier alpha value is -3.16. The lowest BCUT2D eigenvalue weighted by Crippen LogP contribution is -2.46. The minimum absolute atomic E-state index is 0.0896. The Morgan fingerprint density at radius 2 is 1.81 bits per heavy atom. The van der Waals surface area contributed by atoms with Crippen molar-refractivity contribution >= 4 is 29.8 Å². The fourth-order valence-corrected chi connectivity index (χ4v) is 1.94. The molecule has 0 aliphatic heterocycles. The van der Waals surface area contributed by atoms with Gasteiger partial charge in [0.1, 0.15) is 11.7 Å². The zero-order chi connectivity index (χ0) is 19.5. The van der Waals surface area contributed by atoms with Crippen LogP contribution in [-0.4, -0.2) is 42.9 Å². The highest BCUT2D eigenvalue weighted by Crippen LogP contribution is 2.06. The van der Waals surface area contributed by atoms with Crippen LogP contribution in [0.3, 0.4) is 0 Å². The molecule has 0 spiro atoms. The largest absolute Gasteiger partial charge is 0.451 e. The molecule has 0 bridgehead atoms. The van der Waals surface area contributed by atoms with Gasteiger partial charge >= 0.3 is 5.97 Å². The predicted octanol–water partition coefficient (Wildman–Crippen LogP) is 0.348. The standard InChI is InChI=1S/C18H23N3O5/c1-4-19-17(24)12(2)20-16(23)11-26-18(25)15(21-13(3)22)10-14-8-6-5-7-9-14/h5-10,12H,4,11H2,1-3H3,(H,19,24)(H,20,23)(H,21,22)/b15-10-/t12-/m0/s1. The van der Waals surface area contributed by atoms with Crippen molar-refractivity contribution < 1.29 is 23.9 Å². The number of carbonyl (C=O) groups excluding carboxylic acids is 4. The lowest BCUT2D eigenvalue weighted by Gasteiger charge is -2.14. The molecule has 0 fully saturated rings. The number of carbonyl (C=O) groups is 4. The molecular formula is C18H23N3O5. The van der Waals surface area contributed by atoms with Gasteiger partial charge < -0.3 is 20.7 Å². The van der Waals surface area contributed by atoms with Crippen LogP contribution in [0.4, 0.5) is 0 Å². The summed E-state index contributed by atoms with van der Waals surface area (Å²) in [4.78, 5) is 46.8. The maximum absolute atomic E-state index is 12.1. The van der Waals surface area contributed by atoms with Crippen molar-refractivity contribution in [2.24, 2.45) is 0 Å². The summed E-state index contributed by atoms with van der Waals surface area (Å²) in [7, 11) is 0. The Bertz CT molecular complexity index is 685. The van der Waals surface area contributed by atoms with E-state index in [1.165, 1.54) is 19.9 Å². The van der Waals surface area contributed by atoms with E-state index in [1.54, 1.807) is 31.2 Å². The maximum Gasteiger partial charge on any atom is 0.355 e. The summed E-state index contributed by atoms with van der Waals surface area (Å²) >= 11 is 0. The Labute approximate surface area is 152 Å². The molecule has 0 aliphatic carbocycles. The highest BCUT2D eigenvalue weighted by Gasteiger charge is 2.18. The molecule has 0 saturated carbocycles. The lowest BCUT2D eigenvalue weighted by atomic mass is 10.2. The van der Waals surface area contributed by atoms with Crippen LogP contribution in [0, 0.1) is 0 Å². The molecule has 8 heteroatoms. The quantitative estimate of drug-likeness (QED) is 0.457. The first-order chi connectivity index (χ1) is 12.3. The molecule has 0 saturated heterocycles. The van der Waals surface area contributed by atoms with E-state index < -0.39 is 30.4 Å². The minimum Gasteiger partial charge on any atom is -0.451 e. The first kappa shape index (κ1) is 20.9. The van der Waals surface area contributed by atoms with E-state index in [-0.39, 0.29) is 11.6 Å². The van der Waals surface area contributed by atoms with E-state index in [9.17, 15) is 19.2 Å². The number of hydrogen-bond donors (Lipinski definition) is 3. The summed E-state index contributed by atoms with van der Waals surface area (Å²) in [5.74, 6) is -2.27. The van der Waals surface area contributed by atoms with E-state index >= 15 is 0 Å². The van der Waals surface area contributed by atoms with Gasteiger partial charge in [0.05, 0.1) is 0 Å². The molecule has 1 aromatic carbocycles. The van der Waals surface area contributed by atoms with Gasteiger partial charge in [-0.25, -0.2) is 4.79 Å². The summed E-state index contributed by atoms with van der Waals surface area (Å²) < 4.78 is 4.91. The lowest BCUT2D eigenvalue weighted by molar-refractivity contribution is -0.146. The summed E-state index contributed by atoms with van der Waals surface area (Å²) in [6.07, 6.45) is 1.44. The van der Waals surface area contributed by atoms with E-state index in [0.717, 1.165) is 0 Å². The third kappa shape index (κ3) is 7.61. The smallest absolute Gasteiger partial charge is 0.355 e. The second kappa shape index (κ2) is 10.7. The van der Waals surface area contributed by atoms with Crippen molar-refractivity contribution in [3.05, 3.63) is 41.6 Å². The summed E-state index contributed by atoms with van der Waals surface area (Å²) in [6.45, 7) is 4.40. The molecule has 8 nitrogen and oxygen atoms in total. The van der Waals surface area contributed by atoms with Gasteiger partial charge in [0.15, 0.2) is 6.61 Å². The van der Waals surface area contributed by atoms with Gasteiger partial charge in [-0.05, 0) is 25.5 Å². The van der Waals surface area contributed by atoms with E-state index in [0.29, 0.717) is 12.1 Å². The van der Waals surface area contributed by atoms with Crippen LogP contribution in [0.5, 0.6) is 0 Å². The fraction of sp³-hybridized carbons (Fsp3) is 0.333. The molecular weight excluding hydrogens is 338 g/mol. The molecule has 0 unspecified atom stereocenters. The van der Waals surface area contributed by atoms with Crippen molar-refractivity contribution in [3.63, 3.8) is 0 Å². The highest BCUT2D eigenvalue weighted by atomic mass is 16.5. The third-order valence-electron chi connectivity index (χ3n) is 3.10. The zero-order valence-electron chi connectivity index (χ0n) is 15.0. The van der Waals surface area contributed by atoms with Crippen LogP contribution in [0.15, 0.2) is 36.0 Å². The van der Waals surface area contributed by atoms with Gasteiger partial charge in [0.2, 0.25) is 11.8 Å². The van der Waals surface area contributed by atoms with Gasteiger partial charge in [0, 0.05) is 13.5 Å². The van der Waals surface area contributed by atoms with Gasteiger partial charge in [-0.2, -0.15) is 0 Å². The number of benzene rings is 1. The Kier molecular flexibility index (Phi) is 8.56. The molecule has 0 aliphatic rings. The number of nitrogens with one attached hydrogen (secondary N) is 3. The first-order valence-corrected chi connectivity index (χ1v) is 8.12. The third-order valence-corrected chi connectivity index (χ3v) is 3.10. The van der Waals surface area contributed by atoms with Gasteiger partial charge in [-0.1, -0.05) is 30.3 Å². The number of hydrogen-bond acceptors (Lipinski definition) is 5. The van der Waals surface area contributed by atoms with Crippen molar-refractivity contribution in [1.82, 2.24) is 16.0 Å². The van der Waals surface area contributed by atoms with Crippen LogP contribution >= 0.6 is 0 Å². The number of rotatable bonds is 8. The molecule has 0 heterocycles. The molecule has 3 amide bonds. The average molecular weight is 361 g/mol. The molecule has 0 aromatic heterocycles. The number of esters is 1. The Morgan fingerprint density at radius 3 is 2.38 bits per heavy atom. The van der Waals surface area contributed by atoms with E-state index in [2.05, 4.69) is 16.0 Å². The molecule has 1 aromatic rings. The molecule has 1 atom stereocenters. The first-order valence-electron chi connectivity index (χ1n) is 8.12. The monoisotopic (exact) mass is 361 g/mol. The van der Waals surface area contributed by atoms with Crippen LogP contribution in [0.1, 0.15) is 26.3 Å². The van der Waals surface area contributed by atoms with Crippen molar-refractivity contribution in [3.8, 4) is 0 Å². The average Bonchev–Trinajstić information content (AvgIpc) is 2.59. The second-order valence-corrected chi connectivity index (χ2v) is 5.41.